The van der Waals surface area contributed by atoms with Crippen molar-refractivity contribution in [2.45, 2.75) is 39.2 Å². The average Bonchev–Trinajstić information content (AvgIpc) is 2.54. The van der Waals surface area contributed by atoms with Crippen LogP contribution in [0, 0.1) is 11.7 Å². The molecule has 0 spiro atoms. The monoisotopic (exact) mass is 370 g/mol. The van der Waals surface area contributed by atoms with Crippen LogP contribution in [-0.2, 0) is 11.3 Å². The Balaban J connectivity index is 1.89. The van der Waals surface area contributed by atoms with E-state index in [2.05, 4.69) is 21.2 Å². The summed E-state index contributed by atoms with van der Waals surface area (Å²) in [5, 5.41) is 3.34. The van der Waals surface area contributed by atoms with E-state index in [1.54, 1.807) is 17.0 Å². The third-order valence-corrected chi connectivity index (χ3v) is 4.82. The van der Waals surface area contributed by atoms with Gasteiger partial charge in [-0.2, -0.15) is 0 Å². The second-order valence-electron chi connectivity index (χ2n) is 5.88. The van der Waals surface area contributed by atoms with Crippen LogP contribution in [0.15, 0.2) is 22.7 Å². The first-order chi connectivity index (χ1) is 10.6. The molecule has 0 unspecified atom stereocenters. The summed E-state index contributed by atoms with van der Waals surface area (Å²) in [6.07, 6.45) is 3.81. The van der Waals surface area contributed by atoms with E-state index in [1.807, 2.05) is 6.92 Å². The van der Waals surface area contributed by atoms with Crippen LogP contribution in [-0.4, -0.2) is 30.4 Å². The topological polar surface area (TPSA) is 32.3 Å². The van der Waals surface area contributed by atoms with Crippen LogP contribution in [0.4, 0.5) is 4.39 Å². The summed E-state index contributed by atoms with van der Waals surface area (Å²) >= 11 is 3.35. The molecule has 1 aliphatic rings. The highest BCUT2D eigenvalue weighted by molar-refractivity contribution is 9.10. The summed E-state index contributed by atoms with van der Waals surface area (Å²) < 4.78 is 14.7. The van der Waals surface area contributed by atoms with Gasteiger partial charge in [0.15, 0.2) is 0 Å². The van der Waals surface area contributed by atoms with Crippen molar-refractivity contribution < 1.29 is 9.18 Å². The Hall–Kier alpha value is -0.940. The molecule has 0 atom stereocenters. The molecule has 1 aromatic carbocycles. The van der Waals surface area contributed by atoms with Crippen LogP contribution >= 0.6 is 15.9 Å². The maximum absolute atomic E-state index is 13.8. The van der Waals surface area contributed by atoms with E-state index in [0.717, 1.165) is 36.8 Å². The molecule has 0 radical (unpaired) electrons. The van der Waals surface area contributed by atoms with Gasteiger partial charge in [0, 0.05) is 29.5 Å². The summed E-state index contributed by atoms with van der Waals surface area (Å²) in [5.41, 5.74) is 0.562. The Bertz CT molecular complexity index is 503. The predicted molar refractivity (Wildman–Crippen MR) is 90.0 cm³/mol. The third kappa shape index (κ3) is 5.06. The van der Waals surface area contributed by atoms with Crippen molar-refractivity contribution in [3.05, 3.63) is 34.1 Å². The number of nitrogens with one attached hydrogen (secondary N) is 1. The lowest BCUT2D eigenvalue weighted by Gasteiger charge is -2.25. The number of hydrogen-bond acceptors (Lipinski definition) is 2. The van der Waals surface area contributed by atoms with Crippen LogP contribution in [0.5, 0.6) is 0 Å². The van der Waals surface area contributed by atoms with Gasteiger partial charge < -0.3 is 10.2 Å². The second kappa shape index (κ2) is 8.63. The number of carbonyl (C=O) groups is 1. The maximum Gasteiger partial charge on any atom is 0.222 e. The van der Waals surface area contributed by atoms with E-state index in [-0.39, 0.29) is 11.7 Å². The molecule has 1 heterocycles. The number of halogens is 2. The maximum atomic E-state index is 13.8. The van der Waals surface area contributed by atoms with Crippen LogP contribution in [0.25, 0.3) is 0 Å². The molecule has 5 heteroatoms. The van der Waals surface area contributed by atoms with Crippen molar-refractivity contribution in [1.82, 2.24) is 10.2 Å². The molecule has 0 bridgehead atoms. The Morgan fingerprint density at radius 2 is 2.14 bits per heavy atom. The van der Waals surface area contributed by atoms with Gasteiger partial charge in [-0.1, -0.05) is 15.9 Å². The minimum absolute atomic E-state index is 0.125. The van der Waals surface area contributed by atoms with Gasteiger partial charge in [-0.15, -0.1) is 0 Å². The van der Waals surface area contributed by atoms with Crippen molar-refractivity contribution in [3.63, 3.8) is 0 Å². The van der Waals surface area contributed by atoms with E-state index in [4.69, 9.17) is 0 Å². The second-order valence-corrected chi connectivity index (χ2v) is 6.79. The lowest BCUT2D eigenvalue weighted by atomic mass is 9.93. The number of hydrogen-bond donors (Lipinski definition) is 1. The summed E-state index contributed by atoms with van der Waals surface area (Å²) in [5.74, 6) is 0.514. The zero-order valence-electron chi connectivity index (χ0n) is 13.1. The smallest absolute Gasteiger partial charge is 0.222 e. The van der Waals surface area contributed by atoms with Crippen LogP contribution in [0.1, 0.15) is 38.2 Å². The fourth-order valence-corrected chi connectivity index (χ4v) is 3.31. The van der Waals surface area contributed by atoms with E-state index in [9.17, 15) is 9.18 Å². The molecule has 0 saturated carbocycles. The molecule has 3 nitrogen and oxygen atoms in total. The molecule has 0 aromatic heterocycles. The molecule has 0 aliphatic carbocycles. The highest BCUT2D eigenvalue weighted by atomic mass is 79.9. The molecule has 22 heavy (non-hydrogen) atoms. The van der Waals surface area contributed by atoms with Crippen LogP contribution in [0.2, 0.25) is 0 Å². The Kier molecular flexibility index (Phi) is 6.83. The molecule has 122 valence electrons. The Morgan fingerprint density at radius 1 is 1.41 bits per heavy atom. The van der Waals surface area contributed by atoms with Gasteiger partial charge >= 0.3 is 0 Å². The average molecular weight is 371 g/mol. The molecular formula is C17H24BrFN2O. The van der Waals surface area contributed by atoms with Gasteiger partial charge in [0.2, 0.25) is 5.91 Å². The fraction of sp³-hybridized carbons (Fsp3) is 0.588. The highest BCUT2D eigenvalue weighted by Gasteiger charge is 2.18. The predicted octanol–water partition coefficient (Wildman–Crippen LogP) is 3.72. The summed E-state index contributed by atoms with van der Waals surface area (Å²) in [6.45, 7) is 5.00. The number of carbonyl (C=O) groups excluding carboxylic acids is 1. The SMILES string of the molecule is CCN(Cc1cc(Br)ccc1F)C(=O)CCC1CCNCC1. The van der Waals surface area contributed by atoms with Crippen molar-refractivity contribution in [3.8, 4) is 0 Å². The number of nitrogens with zero attached hydrogens (tertiary/aromatic N) is 1. The number of piperidine rings is 1. The van der Waals surface area contributed by atoms with Crippen LogP contribution < -0.4 is 5.32 Å². The van der Waals surface area contributed by atoms with Crippen LogP contribution in [0.3, 0.4) is 0 Å². The molecule has 2 rings (SSSR count). The molecule has 1 fully saturated rings. The Morgan fingerprint density at radius 3 is 2.82 bits per heavy atom. The lowest BCUT2D eigenvalue weighted by molar-refractivity contribution is -0.132. The number of benzene rings is 1. The molecule has 1 aliphatic heterocycles. The summed E-state index contributed by atoms with van der Waals surface area (Å²) in [7, 11) is 0. The first kappa shape index (κ1) is 17.4. The summed E-state index contributed by atoms with van der Waals surface area (Å²) in [6, 6.07) is 4.86. The van der Waals surface area contributed by atoms with Gasteiger partial charge in [-0.05, 0) is 63.4 Å². The minimum Gasteiger partial charge on any atom is -0.339 e. The van der Waals surface area contributed by atoms with E-state index < -0.39 is 0 Å². The largest absolute Gasteiger partial charge is 0.339 e. The van der Waals surface area contributed by atoms with Crippen molar-refractivity contribution >= 4 is 21.8 Å². The van der Waals surface area contributed by atoms with Crippen molar-refractivity contribution in [2.24, 2.45) is 5.92 Å². The first-order valence-electron chi connectivity index (χ1n) is 8.02. The van der Waals surface area contributed by atoms with E-state index >= 15 is 0 Å². The third-order valence-electron chi connectivity index (χ3n) is 4.33. The zero-order valence-corrected chi connectivity index (χ0v) is 14.7. The van der Waals surface area contributed by atoms with Gasteiger partial charge in [-0.3, -0.25) is 4.79 Å². The normalized spacial score (nSPS) is 15.8. The fourth-order valence-electron chi connectivity index (χ4n) is 2.90. The van der Waals surface area contributed by atoms with Crippen molar-refractivity contribution in [2.75, 3.05) is 19.6 Å². The minimum atomic E-state index is -0.257. The molecule has 1 aromatic rings. The summed E-state index contributed by atoms with van der Waals surface area (Å²) in [4.78, 5) is 14.1. The van der Waals surface area contributed by atoms with Gasteiger partial charge in [0.05, 0.1) is 0 Å². The van der Waals surface area contributed by atoms with E-state index in [0.29, 0.717) is 31.0 Å². The Labute approximate surface area is 140 Å². The number of rotatable bonds is 6. The zero-order chi connectivity index (χ0) is 15.9. The van der Waals surface area contributed by atoms with Gasteiger partial charge in [0.1, 0.15) is 5.82 Å². The first-order valence-corrected chi connectivity index (χ1v) is 8.82. The standard InChI is InChI=1S/C17H24BrFN2O/c1-2-21(12-14-11-15(18)4-5-16(14)19)17(22)6-3-13-7-9-20-10-8-13/h4-5,11,13,20H,2-3,6-10,12H2,1H3. The van der Waals surface area contributed by atoms with Gasteiger partial charge in [-0.25, -0.2) is 4.39 Å². The highest BCUT2D eigenvalue weighted by Crippen LogP contribution is 2.20. The van der Waals surface area contributed by atoms with E-state index in [1.165, 1.54) is 6.07 Å². The molecular weight excluding hydrogens is 347 g/mol. The van der Waals surface area contributed by atoms with Gasteiger partial charge in [0.25, 0.3) is 0 Å². The lowest BCUT2D eigenvalue weighted by Crippen LogP contribution is -2.32. The molecule has 1 N–H and O–H groups in total. The molecule has 1 amide bonds. The molecule has 1 saturated heterocycles. The van der Waals surface area contributed by atoms with Crippen molar-refractivity contribution in [1.29, 1.82) is 0 Å². The quantitative estimate of drug-likeness (QED) is 0.827. The number of amides is 1.